The van der Waals surface area contributed by atoms with Crippen LogP contribution in [0.5, 0.6) is 5.88 Å². The molecule has 0 fully saturated rings. The van der Waals surface area contributed by atoms with E-state index >= 15 is 0 Å². The largest absolute Gasteiger partial charge is 0.480 e. The molecule has 0 saturated carbocycles. The maximum absolute atomic E-state index is 10.3. The summed E-state index contributed by atoms with van der Waals surface area (Å²) in [5, 5.41) is 38.9. The van der Waals surface area contributed by atoms with E-state index in [1.54, 1.807) is 45.7 Å². The molecular formula is C30H40IN7O3. The van der Waals surface area contributed by atoms with Crippen molar-refractivity contribution >= 4 is 55.9 Å². The highest BCUT2D eigenvalue weighted by Gasteiger charge is 2.20. The number of rotatable bonds is 7. The number of ether oxygens (including phenoxy) is 1. The van der Waals surface area contributed by atoms with E-state index in [1.165, 1.54) is 0 Å². The van der Waals surface area contributed by atoms with Crippen molar-refractivity contribution in [2.75, 3.05) is 12.4 Å². The van der Waals surface area contributed by atoms with Crippen LogP contribution in [0.4, 0.5) is 11.5 Å². The van der Waals surface area contributed by atoms with Gasteiger partial charge in [-0.05, 0) is 91.6 Å². The molecule has 0 amide bonds. The first kappa shape index (κ1) is 30.8. The maximum atomic E-state index is 10.3. The number of fused-ring (bicyclic) bond motifs is 2. The molecule has 0 spiro atoms. The number of nitrogens with one attached hydrogen (secondary N) is 1. The van der Waals surface area contributed by atoms with Crippen molar-refractivity contribution in [1.82, 2.24) is 29.3 Å². The number of aliphatic hydroxyl groups is 2. The zero-order valence-electron chi connectivity index (χ0n) is 25.2. The predicted octanol–water partition coefficient (Wildman–Crippen LogP) is 5.81. The molecule has 3 aromatic heterocycles. The van der Waals surface area contributed by atoms with E-state index in [0.717, 1.165) is 54.7 Å². The van der Waals surface area contributed by atoms with E-state index in [0.29, 0.717) is 11.8 Å². The normalized spacial score (nSPS) is 12.2. The molecule has 0 saturated heterocycles. The van der Waals surface area contributed by atoms with Gasteiger partial charge in [-0.15, -0.1) is 0 Å². The van der Waals surface area contributed by atoms with Crippen LogP contribution in [0.3, 0.4) is 0 Å². The molecule has 3 heterocycles. The molecule has 0 atom stereocenters. The summed E-state index contributed by atoms with van der Waals surface area (Å²) in [5.41, 5.74) is 2.84. The van der Waals surface area contributed by atoms with E-state index in [1.807, 2.05) is 59.9 Å². The van der Waals surface area contributed by atoms with Crippen LogP contribution in [0, 0.1) is 9.62 Å². The number of methoxy groups -OCH3 is 1. The van der Waals surface area contributed by atoms with Crippen LogP contribution in [-0.4, -0.2) is 46.7 Å². The third kappa shape index (κ3) is 6.68. The minimum absolute atomic E-state index is 0.465. The lowest BCUT2D eigenvalue weighted by Gasteiger charge is -2.17. The molecular weight excluding hydrogens is 633 g/mol. The van der Waals surface area contributed by atoms with Gasteiger partial charge < -0.3 is 20.3 Å². The Labute approximate surface area is 254 Å². The average molecular weight is 674 g/mol. The Bertz CT molecular complexity index is 1670. The summed E-state index contributed by atoms with van der Waals surface area (Å²) in [6.07, 6.45) is 1.76. The van der Waals surface area contributed by atoms with E-state index in [9.17, 15) is 10.2 Å². The third-order valence-electron chi connectivity index (χ3n) is 6.85. The van der Waals surface area contributed by atoms with E-state index in [2.05, 4.69) is 57.1 Å². The van der Waals surface area contributed by atoms with Gasteiger partial charge in [0.2, 0.25) is 5.88 Å². The Hall–Kier alpha value is -3.16. The van der Waals surface area contributed by atoms with Gasteiger partial charge in [-0.25, -0.2) is 4.68 Å². The fourth-order valence-corrected chi connectivity index (χ4v) is 5.38. The molecule has 11 heteroatoms. The first-order valence-corrected chi connectivity index (χ1v) is 14.6. The highest BCUT2D eigenvalue weighted by Crippen LogP contribution is 2.33. The molecule has 41 heavy (non-hydrogen) atoms. The van der Waals surface area contributed by atoms with Crippen LogP contribution in [0.15, 0.2) is 42.6 Å². The van der Waals surface area contributed by atoms with Gasteiger partial charge in [0.15, 0.2) is 5.82 Å². The summed E-state index contributed by atoms with van der Waals surface area (Å²) in [6.45, 7) is 12.2. The number of hydrogen-bond donors (Lipinski definition) is 3. The lowest BCUT2D eigenvalue weighted by atomic mass is 9.97. The van der Waals surface area contributed by atoms with E-state index in [4.69, 9.17) is 4.74 Å². The molecule has 10 nitrogen and oxygen atoms in total. The Balaban J connectivity index is 0.000000218. The SMILES string of the molecule is COc1c(Nc2nn(C)c3cc(C(C)(C)O)ccc23)cnn1CC(C)C.Cn1nc(I)c2ccc(C(C)(C)O)cc21. The Kier molecular flexibility index (Phi) is 8.72. The molecule has 2 aromatic carbocycles. The zero-order valence-corrected chi connectivity index (χ0v) is 27.3. The quantitative estimate of drug-likeness (QED) is 0.187. The van der Waals surface area contributed by atoms with Crippen molar-refractivity contribution in [2.45, 2.75) is 59.3 Å². The molecule has 5 rings (SSSR count). The summed E-state index contributed by atoms with van der Waals surface area (Å²) in [4.78, 5) is 0. The van der Waals surface area contributed by atoms with Crippen LogP contribution >= 0.6 is 22.6 Å². The maximum Gasteiger partial charge on any atom is 0.236 e. The summed E-state index contributed by atoms with van der Waals surface area (Å²) in [5.74, 6) is 1.88. The van der Waals surface area contributed by atoms with Gasteiger partial charge >= 0.3 is 0 Å². The second kappa shape index (κ2) is 11.6. The fourth-order valence-electron chi connectivity index (χ4n) is 4.60. The van der Waals surface area contributed by atoms with E-state index < -0.39 is 11.2 Å². The second-order valence-electron chi connectivity index (χ2n) is 11.7. The standard InChI is InChI=1S/C19H27N5O2.C11H13IN2O/c1-12(2)11-24-18(26-6)15(10-20-24)21-17-14-8-7-13(19(3,4)25)9-16(14)23(5)22-17;1-11(2,15)7-4-5-8-9(6-7)14(3)13-10(8)12/h7-10,12,25H,11H2,1-6H3,(H,21,22);4-6,15H,1-3H3. The number of benzene rings is 2. The molecule has 220 valence electrons. The summed E-state index contributed by atoms with van der Waals surface area (Å²) in [7, 11) is 5.45. The Morgan fingerprint density at radius 3 is 1.98 bits per heavy atom. The van der Waals surface area contributed by atoms with Gasteiger partial charge in [0.25, 0.3) is 0 Å². The lowest BCUT2D eigenvalue weighted by molar-refractivity contribution is 0.0781. The Morgan fingerprint density at radius 2 is 1.44 bits per heavy atom. The van der Waals surface area contributed by atoms with Gasteiger partial charge in [0, 0.05) is 31.4 Å². The molecule has 0 bridgehead atoms. The highest BCUT2D eigenvalue weighted by atomic mass is 127. The van der Waals surface area contributed by atoms with Crippen molar-refractivity contribution in [3.63, 3.8) is 0 Å². The zero-order chi connectivity index (χ0) is 30.3. The van der Waals surface area contributed by atoms with Crippen LogP contribution < -0.4 is 10.1 Å². The van der Waals surface area contributed by atoms with Crippen molar-refractivity contribution in [3.05, 3.63) is 57.4 Å². The first-order valence-electron chi connectivity index (χ1n) is 13.5. The first-order chi connectivity index (χ1) is 19.1. The predicted molar refractivity (Wildman–Crippen MR) is 172 cm³/mol. The topological polar surface area (TPSA) is 115 Å². The van der Waals surface area contributed by atoms with Gasteiger partial charge in [-0.3, -0.25) is 9.36 Å². The smallest absolute Gasteiger partial charge is 0.236 e. The number of nitrogens with zero attached hydrogens (tertiary/aromatic N) is 6. The van der Waals surface area contributed by atoms with Crippen molar-refractivity contribution in [2.24, 2.45) is 20.0 Å². The molecule has 0 radical (unpaired) electrons. The third-order valence-corrected chi connectivity index (χ3v) is 7.64. The van der Waals surface area contributed by atoms with Crippen molar-refractivity contribution in [1.29, 1.82) is 0 Å². The van der Waals surface area contributed by atoms with Gasteiger partial charge in [0.1, 0.15) is 9.39 Å². The van der Waals surface area contributed by atoms with Crippen LogP contribution in [0.1, 0.15) is 52.7 Å². The highest BCUT2D eigenvalue weighted by molar-refractivity contribution is 14.1. The second-order valence-corrected chi connectivity index (χ2v) is 12.8. The minimum Gasteiger partial charge on any atom is -0.480 e. The molecule has 3 N–H and O–H groups in total. The summed E-state index contributed by atoms with van der Waals surface area (Å²) >= 11 is 2.22. The lowest BCUT2D eigenvalue weighted by Crippen LogP contribution is -2.15. The summed E-state index contributed by atoms with van der Waals surface area (Å²) in [6, 6.07) is 11.8. The number of halogens is 1. The van der Waals surface area contributed by atoms with Gasteiger partial charge in [0.05, 0.1) is 35.5 Å². The fraction of sp³-hybridized carbons (Fsp3) is 0.433. The van der Waals surface area contributed by atoms with Crippen LogP contribution in [-0.2, 0) is 31.8 Å². The molecule has 0 aliphatic carbocycles. The van der Waals surface area contributed by atoms with Gasteiger partial charge in [-0.1, -0.05) is 26.0 Å². The molecule has 0 unspecified atom stereocenters. The average Bonchev–Trinajstić information content (AvgIpc) is 3.51. The number of aromatic nitrogens is 6. The monoisotopic (exact) mass is 673 g/mol. The van der Waals surface area contributed by atoms with Crippen molar-refractivity contribution < 1.29 is 14.9 Å². The van der Waals surface area contributed by atoms with E-state index in [-0.39, 0.29) is 0 Å². The summed E-state index contributed by atoms with van der Waals surface area (Å²) < 4.78 is 12.0. The molecule has 0 aliphatic rings. The van der Waals surface area contributed by atoms with Gasteiger partial charge in [-0.2, -0.15) is 15.3 Å². The van der Waals surface area contributed by atoms with Crippen LogP contribution in [0.2, 0.25) is 0 Å². The number of hydrogen-bond acceptors (Lipinski definition) is 7. The number of aryl methyl sites for hydroxylation is 2. The Morgan fingerprint density at radius 1 is 0.902 bits per heavy atom. The number of anilines is 2. The molecule has 5 aromatic rings. The van der Waals surface area contributed by atoms with Crippen LogP contribution in [0.25, 0.3) is 21.8 Å². The molecule has 0 aliphatic heterocycles. The van der Waals surface area contributed by atoms with Crippen molar-refractivity contribution in [3.8, 4) is 5.88 Å². The minimum atomic E-state index is -0.896.